The molecule has 2 aliphatic heterocycles. The number of ether oxygens (including phenoxy) is 1. The summed E-state index contributed by atoms with van der Waals surface area (Å²) in [6.07, 6.45) is 0. The highest BCUT2D eigenvalue weighted by Gasteiger charge is 2.48. The molecule has 0 spiro atoms. The van der Waals surface area contributed by atoms with Gasteiger partial charge in [-0.05, 0) is 65.7 Å². The Morgan fingerprint density at radius 3 is 1.90 bits per heavy atom. The molecule has 1 fully saturated rings. The van der Waals surface area contributed by atoms with Crippen LogP contribution in [0.25, 0.3) is 0 Å². The van der Waals surface area contributed by atoms with Crippen LogP contribution in [0.5, 0.6) is 0 Å². The number of pyridine rings is 1. The fourth-order valence-electron chi connectivity index (χ4n) is 6.22. The molecule has 1 saturated heterocycles. The van der Waals surface area contributed by atoms with Gasteiger partial charge in [-0.15, -0.1) is 0 Å². The summed E-state index contributed by atoms with van der Waals surface area (Å²) in [5.74, 6) is -1.33. The van der Waals surface area contributed by atoms with Gasteiger partial charge < -0.3 is 14.5 Å². The molecular weight excluding hydrogens is 679 g/mol. The lowest BCUT2D eigenvalue weighted by Crippen LogP contribution is -2.51. The molecule has 248 valence electrons. The van der Waals surface area contributed by atoms with Crippen LogP contribution in [-0.4, -0.2) is 73.9 Å². The molecule has 4 aromatic rings. The maximum absolute atomic E-state index is 14.7. The van der Waals surface area contributed by atoms with Crippen LogP contribution in [0.2, 0.25) is 10.0 Å². The van der Waals surface area contributed by atoms with Crippen LogP contribution >= 0.6 is 23.2 Å². The molecule has 0 radical (unpaired) electrons. The van der Waals surface area contributed by atoms with Crippen LogP contribution in [0.3, 0.4) is 0 Å². The fraction of sp³-hybridized carbons (Fsp3) is 0.235. The highest BCUT2D eigenvalue weighted by molar-refractivity contribution is 7.92. The first kappa shape index (κ1) is 33.3. The average Bonchev–Trinajstić information content (AvgIpc) is 3.45. The van der Waals surface area contributed by atoms with Crippen LogP contribution in [0.4, 0.5) is 5.82 Å². The SMILES string of the molecule is COC(=O)c1cccc(S(=O)(=O)N2c3ccc(C(=O)N4CCN(C(C)=O)CC4)c(=O)n3[C@H](c3ccc(Cl)cc3)[C@@H]2c2ccc(Cl)cc2)c1. The van der Waals surface area contributed by atoms with Crippen LogP contribution < -0.4 is 9.86 Å². The van der Waals surface area contributed by atoms with Crippen molar-refractivity contribution in [1.82, 2.24) is 14.4 Å². The molecule has 3 heterocycles. The Morgan fingerprint density at radius 2 is 1.33 bits per heavy atom. The van der Waals surface area contributed by atoms with Gasteiger partial charge in [-0.2, -0.15) is 0 Å². The molecule has 2 atom stereocenters. The first-order valence-electron chi connectivity index (χ1n) is 15.0. The van der Waals surface area contributed by atoms with Gasteiger partial charge in [-0.3, -0.25) is 19.0 Å². The summed E-state index contributed by atoms with van der Waals surface area (Å²) in [6.45, 7) is 2.60. The van der Waals surface area contributed by atoms with Gasteiger partial charge in [-0.25, -0.2) is 17.5 Å². The number of carbonyl (C=O) groups is 3. The van der Waals surface area contributed by atoms with Crippen molar-refractivity contribution < 1.29 is 27.5 Å². The number of fused-ring (bicyclic) bond motifs is 1. The molecule has 0 saturated carbocycles. The number of nitrogens with zero attached hydrogens (tertiary/aromatic N) is 4. The van der Waals surface area contributed by atoms with Gasteiger partial charge in [0, 0.05) is 43.1 Å². The monoisotopic (exact) mass is 708 g/mol. The average molecular weight is 710 g/mol. The Bertz CT molecular complexity index is 2080. The fourth-order valence-corrected chi connectivity index (χ4v) is 8.15. The molecule has 0 bridgehead atoms. The third kappa shape index (κ3) is 5.95. The van der Waals surface area contributed by atoms with E-state index in [-0.39, 0.29) is 40.8 Å². The van der Waals surface area contributed by atoms with Crippen LogP contribution in [0.15, 0.2) is 94.6 Å². The molecular formula is C34H30Cl2N4O7S. The van der Waals surface area contributed by atoms with E-state index in [0.717, 1.165) is 4.31 Å². The number of benzene rings is 3. The largest absolute Gasteiger partial charge is 0.465 e. The Balaban J connectivity index is 1.56. The third-order valence-corrected chi connectivity index (χ3v) is 10.9. The van der Waals surface area contributed by atoms with Crippen molar-refractivity contribution in [2.24, 2.45) is 0 Å². The zero-order valence-corrected chi connectivity index (χ0v) is 28.2. The van der Waals surface area contributed by atoms with Crippen LogP contribution in [0, 0.1) is 0 Å². The van der Waals surface area contributed by atoms with Crippen LogP contribution in [0.1, 0.15) is 50.9 Å². The summed E-state index contributed by atoms with van der Waals surface area (Å²) >= 11 is 12.5. The standard InChI is InChI=1S/C34H30Cl2N4O7S/c1-21(41)37-16-18-38(19-17-37)32(42)28-14-15-29-39(33(28)43)30(22-6-10-25(35)11-7-22)31(23-8-12-26(36)13-9-23)40(29)48(45,46)27-5-3-4-24(20-27)34(44)47-2/h3-15,20,30-31H,16-19H2,1-2H3/t30-,31+/m1/s1. The quantitative estimate of drug-likeness (QED) is 0.264. The Morgan fingerprint density at radius 1 is 0.771 bits per heavy atom. The number of rotatable bonds is 6. The number of hydrogen-bond donors (Lipinski definition) is 0. The van der Waals surface area contributed by atoms with Crippen LogP contribution in [-0.2, 0) is 19.6 Å². The lowest BCUT2D eigenvalue weighted by molar-refractivity contribution is -0.130. The molecule has 11 nitrogen and oxygen atoms in total. The molecule has 3 aromatic carbocycles. The normalized spacial score (nSPS) is 17.6. The summed E-state index contributed by atoms with van der Waals surface area (Å²) in [5.41, 5.74) is 0.271. The number of carbonyl (C=O) groups excluding carboxylic acids is 3. The van der Waals surface area contributed by atoms with E-state index in [2.05, 4.69) is 0 Å². The van der Waals surface area contributed by atoms with E-state index in [1.807, 2.05) is 0 Å². The number of sulfonamides is 1. The molecule has 6 rings (SSSR count). The van der Waals surface area contributed by atoms with Gasteiger partial charge >= 0.3 is 5.97 Å². The number of amides is 2. The summed E-state index contributed by atoms with van der Waals surface area (Å²) < 4.78 is 36.7. The third-order valence-electron chi connectivity index (χ3n) is 8.63. The van der Waals surface area contributed by atoms with E-state index < -0.39 is 39.5 Å². The first-order valence-corrected chi connectivity index (χ1v) is 17.2. The van der Waals surface area contributed by atoms with Crippen molar-refractivity contribution >= 4 is 56.8 Å². The lowest BCUT2D eigenvalue weighted by atomic mass is 9.94. The smallest absolute Gasteiger partial charge is 0.337 e. The van der Waals surface area contributed by atoms with Crippen molar-refractivity contribution in [3.05, 3.63) is 128 Å². The number of hydrogen-bond acceptors (Lipinski definition) is 7. The number of esters is 1. The van der Waals surface area contributed by atoms with E-state index in [1.165, 1.54) is 59.9 Å². The van der Waals surface area contributed by atoms with Gasteiger partial charge in [-0.1, -0.05) is 53.5 Å². The van der Waals surface area contributed by atoms with Crippen molar-refractivity contribution in [2.75, 3.05) is 37.6 Å². The van der Waals surface area contributed by atoms with E-state index in [0.29, 0.717) is 34.3 Å². The molecule has 2 amide bonds. The van der Waals surface area contributed by atoms with Crippen molar-refractivity contribution in [2.45, 2.75) is 23.9 Å². The molecule has 14 heteroatoms. The van der Waals surface area contributed by atoms with E-state index in [4.69, 9.17) is 27.9 Å². The second-order valence-electron chi connectivity index (χ2n) is 11.4. The molecule has 2 aliphatic rings. The number of halogens is 2. The summed E-state index contributed by atoms with van der Waals surface area (Å²) in [4.78, 5) is 55.5. The Labute approximate surface area is 286 Å². The second kappa shape index (κ2) is 13.1. The number of methoxy groups -OCH3 is 1. The topological polar surface area (TPSA) is 126 Å². The number of piperazine rings is 1. The highest BCUT2D eigenvalue weighted by Crippen LogP contribution is 2.49. The number of aromatic nitrogens is 1. The number of anilines is 1. The molecule has 1 aromatic heterocycles. The van der Waals surface area contributed by atoms with Crippen molar-refractivity contribution in [1.29, 1.82) is 0 Å². The molecule has 48 heavy (non-hydrogen) atoms. The van der Waals surface area contributed by atoms with Gasteiger partial charge in [0.05, 0.1) is 29.7 Å². The minimum atomic E-state index is -4.48. The van der Waals surface area contributed by atoms with Gasteiger partial charge in [0.15, 0.2) is 0 Å². The predicted molar refractivity (Wildman–Crippen MR) is 180 cm³/mol. The molecule has 0 aliphatic carbocycles. The summed E-state index contributed by atoms with van der Waals surface area (Å²) in [5, 5.41) is 0.859. The first-order chi connectivity index (χ1) is 22.9. The maximum atomic E-state index is 14.7. The zero-order chi connectivity index (χ0) is 34.3. The minimum absolute atomic E-state index is 0.0151. The summed E-state index contributed by atoms with van der Waals surface area (Å²) in [6, 6.07) is 19.5. The lowest BCUT2D eigenvalue weighted by Gasteiger charge is -2.34. The van der Waals surface area contributed by atoms with Gasteiger partial charge in [0.2, 0.25) is 5.91 Å². The summed E-state index contributed by atoms with van der Waals surface area (Å²) in [7, 11) is -3.29. The van der Waals surface area contributed by atoms with Gasteiger partial charge in [0.25, 0.3) is 21.5 Å². The predicted octanol–water partition coefficient (Wildman–Crippen LogP) is 4.79. The second-order valence-corrected chi connectivity index (χ2v) is 14.1. The minimum Gasteiger partial charge on any atom is -0.465 e. The highest BCUT2D eigenvalue weighted by atomic mass is 35.5. The zero-order valence-electron chi connectivity index (χ0n) is 25.9. The van der Waals surface area contributed by atoms with E-state index >= 15 is 0 Å². The molecule has 0 unspecified atom stereocenters. The maximum Gasteiger partial charge on any atom is 0.337 e. The Kier molecular flexibility index (Phi) is 9.08. The van der Waals surface area contributed by atoms with E-state index in [1.54, 1.807) is 53.4 Å². The molecule has 0 N–H and O–H groups in total. The van der Waals surface area contributed by atoms with Crippen molar-refractivity contribution in [3.8, 4) is 0 Å². The Hall–Kier alpha value is -4.65. The van der Waals surface area contributed by atoms with Crippen molar-refractivity contribution in [3.63, 3.8) is 0 Å². The van der Waals surface area contributed by atoms with E-state index in [9.17, 15) is 27.6 Å². The van der Waals surface area contributed by atoms with Gasteiger partial charge in [0.1, 0.15) is 11.4 Å².